The Morgan fingerprint density at radius 3 is 2.70 bits per heavy atom. The summed E-state index contributed by atoms with van der Waals surface area (Å²) in [5, 5.41) is 3.18. The van der Waals surface area contributed by atoms with Gasteiger partial charge in [-0.2, -0.15) is 0 Å². The van der Waals surface area contributed by atoms with Crippen molar-refractivity contribution < 1.29 is 4.79 Å². The van der Waals surface area contributed by atoms with E-state index in [0.717, 1.165) is 5.75 Å². The Labute approximate surface area is 127 Å². The molecule has 2 aromatic rings. The molecule has 1 aromatic carbocycles. The molecule has 1 amide bonds. The zero-order valence-electron chi connectivity index (χ0n) is 11.0. The summed E-state index contributed by atoms with van der Waals surface area (Å²) in [6.07, 6.45) is 1.51. The number of hydrogen-bond donors (Lipinski definition) is 1. The van der Waals surface area contributed by atoms with E-state index in [1.807, 2.05) is 25.1 Å². The van der Waals surface area contributed by atoms with E-state index in [9.17, 15) is 4.79 Å². The van der Waals surface area contributed by atoms with Crippen molar-refractivity contribution in [2.75, 3.05) is 5.32 Å². The van der Waals surface area contributed by atoms with Gasteiger partial charge in [-0.25, -0.2) is 4.98 Å². The van der Waals surface area contributed by atoms with Crippen LogP contribution >= 0.6 is 23.4 Å². The lowest BCUT2D eigenvalue weighted by molar-refractivity contribution is -0.115. The van der Waals surface area contributed by atoms with Gasteiger partial charge in [-0.1, -0.05) is 41.9 Å². The number of carbonyl (C=O) groups is 1. The predicted molar refractivity (Wildman–Crippen MR) is 85.1 cm³/mol. The Bertz CT molecular complexity index is 560. The van der Waals surface area contributed by atoms with E-state index in [1.165, 1.54) is 11.8 Å². The summed E-state index contributed by atoms with van der Waals surface area (Å²) >= 11 is 7.34. The second-order valence-corrected chi connectivity index (χ2v) is 6.06. The van der Waals surface area contributed by atoms with Gasteiger partial charge in [0.1, 0.15) is 5.82 Å². The van der Waals surface area contributed by atoms with Gasteiger partial charge in [0.25, 0.3) is 0 Å². The highest BCUT2D eigenvalue weighted by Crippen LogP contribution is 2.19. The standard InChI is InChI=1S/C15H15ClN2OS/c1-11(20-10-12-5-3-2-4-6-12)15(19)18-14-8-7-13(16)9-17-14/h2-9,11H,10H2,1H3,(H,17,18,19)/t11-/m0/s1. The summed E-state index contributed by atoms with van der Waals surface area (Å²) in [7, 11) is 0. The molecule has 0 spiro atoms. The highest BCUT2D eigenvalue weighted by Gasteiger charge is 2.14. The molecule has 0 aliphatic rings. The van der Waals surface area contributed by atoms with E-state index in [-0.39, 0.29) is 11.2 Å². The van der Waals surface area contributed by atoms with Gasteiger partial charge in [0, 0.05) is 11.9 Å². The van der Waals surface area contributed by atoms with Crippen molar-refractivity contribution in [3.05, 3.63) is 59.2 Å². The van der Waals surface area contributed by atoms with Crippen LogP contribution in [0.5, 0.6) is 0 Å². The van der Waals surface area contributed by atoms with Gasteiger partial charge in [-0.3, -0.25) is 4.79 Å². The van der Waals surface area contributed by atoms with E-state index >= 15 is 0 Å². The lowest BCUT2D eigenvalue weighted by Crippen LogP contribution is -2.23. The summed E-state index contributed by atoms with van der Waals surface area (Å²) in [6.45, 7) is 1.89. The molecule has 0 unspecified atom stereocenters. The van der Waals surface area contributed by atoms with Gasteiger partial charge < -0.3 is 5.32 Å². The van der Waals surface area contributed by atoms with Crippen molar-refractivity contribution in [2.24, 2.45) is 0 Å². The quantitative estimate of drug-likeness (QED) is 0.908. The fourth-order valence-corrected chi connectivity index (χ4v) is 2.51. The maximum absolute atomic E-state index is 12.0. The topological polar surface area (TPSA) is 42.0 Å². The third-order valence-electron chi connectivity index (χ3n) is 2.69. The van der Waals surface area contributed by atoms with Crippen LogP contribution in [0.1, 0.15) is 12.5 Å². The average molecular weight is 307 g/mol. The van der Waals surface area contributed by atoms with Gasteiger partial charge in [0.05, 0.1) is 10.3 Å². The normalized spacial score (nSPS) is 11.9. The number of amides is 1. The van der Waals surface area contributed by atoms with Crippen LogP contribution in [-0.2, 0) is 10.5 Å². The Balaban J connectivity index is 1.84. The Morgan fingerprint density at radius 1 is 1.30 bits per heavy atom. The zero-order valence-corrected chi connectivity index (χ0v) is 12.6. The number of thioether (sulfide) groups is 1. The molecule has 104 valence electrons. The van der Waals surface area contributed by atoms with Crippen LogP contribution in [0.3, 0.4) is 0 Å². The van der Waals surface area contributed by atoms with E-state index in [1.54, 1.807) is 23.9 Å². The van der Waals surface area contributed by atoms with Crippen molar-refractivity contribution in [1.82, 2.24) is 4.98 Å². The Kier molecular flexibility index (Phi) is 5.44. The van der Waals surface area contributed by atoms with Gasteiger partial charge in [0.2, 0.25) is 5.91 Å². The van der Waals surface area contributed by atoms with Gasteiger partial charge in [0.15, 0.2) is 0 Å². The molecular formula is C15H15ClN2OS. The fraction of sp³-hybridized carbons (Fsp3) is 0.200. The number of anilines is 1. The van der Waals surface area contributed by atoms with Crippen molar-refractivity contribution in [3.8, 4) is 0 Å². The third kappa shape index (κ3) is 4.54. The molecule has 1 heterocycles. The largest absolute Gasteiger partial charge is 0.310 e. The minimum atomic E-state index is -0.146. The maximum Gasteiger partial charge on any atom is 0.238 e. The molecule has 1 N–H and O–H groups in total. The molecule has 5 heteroatoms. The first-order chi connectivity index (χ1) is 9.65. The van der Waals surface area contributed by atoms with Crippen LogP contribution < -0.4 is 5.32 Å². The SMILES string of the molecule is C[C@H](SCc1ccccc1)C(=O)Nc1ccc(Cl)cn1. The number of nitrogens with one attached hydrogen (secondary N) is 1. The molecule has 0 fully saturated rings. The van der Waals surface area contributed by atoms with Crippen molar-refractivity contribution in [3.63, 3.8) is 0 Å². The summed E-state index contributed by atoms with van der Waals surface area (Å²) in [6, 6.07) is 13.5. The second-order valence-electron chi connectivity index (χ2n) is 4.29. The molecule has 0 saturated carbocycles. The maximum atomic E-state index is 12.0. The van der Waals surface area contributed by atoms with E-state index in [4.69, 9.17) is 11.6 Å². The molecule has 1 atom stereocenters. The van der Waals surface area contributed by atoms with Gasteiger partial charge in [-0.05, 0) is 24.6 Å². The summed E-state index contributed by atoms with van der Waals surface area (Å²) in [5.41, 5.74) is 1.21. The first-order valence-electron chi connectivity index (χ1n) is 6.23. The molecule has 0 aliphatic heterocycles. The lowest BCUT2D eigenvalue weighted by atomic mass is 10.2. The van der Waals surface area contributed by atoms with Crippen LogP contribution in [0.4, 0.5) is 5.82 Å². The monoisotopic (exact) mass is 306 g/mol. The predicted octanol–water partition coefficient (Wildman–Crippen LogP) is 4.00. The highest BCUT2D eigenvalue weighted by atomic mass is 35.5. The Hall–Kier alpha value is -1.52. The highest BCUT2D eigenvalue weighted by molar-refractivity contribution is 7.99. The molecule has 1 aromatic heterocycles. The van der Waals surface area contributed by atoms with Crippen LogP contribution in [0.15, 0.2) is 48.7 Å². The number of hydrogen-bond acceptors (Lipinski definition) is 3. The molecule has 20 heavy (non-hydrogen) atoms. The summed E-state index contributed by atoms with van der Waals surface area (Å²) in [4.78, 5) is 16.1. The third-order valence-corrected chi connectivity index (χ3v) is 4.13. The van der Waals surface area contributed by atoms with Crippen LogP contribution in [0.25, 0.3) is 0 Å². The minimum Gasteiger partial charge on any atom is -0.310 e. The number of halogens is 1. The number of aromatic nitrogens is 1. The molecule has 3 nitrogen and oxygen atoms in total. The first-order valence-corrected chi connectivity index (χ1v) is 7.66. The molecule has 2 rings (SSSR count). The van der Waals surface area contributed by atoms with Gasteiger partial charge in [-0.15, -0.1) is 11.8 Å². The fourth-order valence-electron chi connectivity index (χ4n) is 1.55. The van der Waals surface area contributed by atoms with Crippen LogP contribution in [-0.4, -0.2) is 16.1 Å². The number of nitrogens with zero attached hydrogens (tertiary/aromatic N) is 1. The van der Waals surface area contributed by atoms with E-state index in [2.05, 4.69) is 22.4 Å². The number of benzene rings is 1. The zero-order chi connectivity index (χ0) is 14.4. The summed E-state index contributed by atoms with van der Waals surface area (Å²) < 4.78 is 0. The van der Waals surface area contributed by atoms with E-state index < -0.39 is 0 Å². The smallest absolute Gasteiger partial charge is 0.238 e. The summed E-state index contributed by atoms with van der Waals surface area (Å²) in [5.74, 6) is 1.27. The van der Waals surface area contributed by atoms with E-state index in [0.29, 0.717) is 10.8 Å². The average Bonchev–Trinajstić information content (AvgIpc) is 2.48. The Morgan fingerprint density at radius 2 is 2.05 bits per heavy atom. The minimum absolute atomic E-state index is 0.0549. The van der Waals surface area contributed by atoms with Crippen molar-refractivity contribution in [1.29, 1.82) is 0 Å². The first kappa shape index (κ1) is 14.9. The number of rotatable bonds is 5. The second kappa shape index (κ2) is 7.31. The van der Waals surface area contributed by atoms with Crippen LogP contribution in [0.2, 0.25) is 5.02 Å². The molecule has 0 saturated heterocycles. The molecule has 0 bridgehead atoms. The number of carbonyl (C=O) groups excluding carboxylic acids is 1. The van der Waals surface area contributed by atoms with Crippen LogP contribution in [0, 0.1) is 0 Å². The molecule has 0 radical (unpaired) electrons. The van der Waals surface area contributed by atoms with Gasteiger partial charge >= 0.3 is 0 Å². The lowest BCUT2D eigenvalue weighted by Gasteiger charge is -2.11. The molecule has 0 aliphatic carbocycles. The molecular weight excluding hydrogens is 292 g/mol. The van der Waals surface area contributed by atoms with Crippen molar-refractivity contribution >= 4 is 35.1 Å². The number of pyridine rings is 1. The van der Waals surface area contributed by atoms with Crippen molar-refractivity contribution in [2.45, 2.75) is 17.9 Å².